The summed E-state index contributed by atoms with van der Waals surface area (Å²) in [7, 11) is 0. The zero-order chi connectivity index (χ0) is 14.8. The van der Waals surface area contributed by atoms with E-state index in [0.717, 1.165) is 20.7 Å². The molecule has 0 bridgehead atoms. The van der Waals surface area contributed by atoms with Crippen molar-refractivity contribution in [2.45, 2.75) is 17.1 Å². The van der Waals surface area contributed by atoms with Crippen LogP contribution in [0.15, 0.2) is 57.9 Å². The van der Waals surface area contributed by atoms with E-state index in [1.807, 2.05) is 59.1 Å². The van der Waals surface area contributed by atoms with Crippen molar-refractivity contribution in [3.8, 4) is 0 Å². The van der Waals surface area contributed by atoms with Gasteiger partial charge in [0, 0.05) is 21.2 Å². The lowest BCUT2D eigenvalue weighted by molar-refractivity contribution is 0.256. The summed E-state index contributed by atoms with van der Waals surface area (Å²) >= 11 is 5.27. The minimum atomic E-state index is -0.0958. The molecule has 1 heterocycles. The van der Waals surface area contributed by atoms with Crippen molar-refractivity contribution in [3.63, 3.8) is 0 Å². The first kappa shape index (κ1) is 14.5. The summed E-state index contributed by atoms with van der Waals surface area (Å²) in [6.45, 7) is 2.84. The SMILES string of the molecule is CC1CN(C(=O)Nc2ccccc2Br)c2ccccc2S1. The largest absolute Gasteiger partial charge is 0.326 e. The molecule has 2 aromatic rings. The molecule has 1 unspecified atom stereocenters. The number of nitrogens with zero attached hydrogens (tertiary/aromatic N) is 1. The van der Waals surface area contributed by atoms with E-state index in [1.165, 1.54) is 0 Å². The molecule has 0 spiro atoms. The minimum absolute atomic E-state index is 0.0958. The Hall–Kier alpha value is -1.46. The third kappa shape index (κ3) is 3.09. The summed E-state index contributed by atoms with van der Waals surface area (Å²) in [6, 6.07) is 15.6. The van der Waals surface area contributed by atoms with E-state index in [9.17, 15) is 4.79 Å². The number of carbonyl (C=O) groups is 1. The van der Waals surface area contributed by atoms with Crippen molar-refractivity contribution in [1.29, 1.82) is 0 Å². The quantitative estimate of drug-likeness (QED) is 0.775. The average molecular weight is 363 g/mol. The van der Waals surface area contributed by atoms with Crippen LogP contribution in [-0.2, 0) is 0 Å². The molecule has 3 rings (SSSR count). The van der Waals surface area contributed by atoms with Crippen LogP contribution in [-0.4, -0.2) is 17.8 Å². The number of carbonyl (C=O) groups excluding carboxylic acids is 1. The van der Waals surface area contributed by atoms with Crippen molar-refractivity contribution >= 4 is 45.1 Å². The molecular weight excluding hydrogens is 348 g/mol. The Morgan fingerprint density at radius 3 is 2.76 bits per heavy atom. The molecule has 0 radical (unpaired) electrons. The number of anilines is 2. The van der Waals surface area contributed by atoms with Gasteiger partial charge in [-0.15, -0.1) is 11.8 Å². The number of hydrogen-bond donors (Lipinski definition) is 1. The number of fused-ring (bicyclic) bond motifs is 1. The van der Waals surface area contributed by atoms with Crippen LogP contribution in [0, 0.1) is 0 Å². The Morgan fingerprint density at radius 2 is 1.95 bits per heavy atom. The molecule has 0 fully saturated rings. The van der Waals surface area contributed by atoms with E-state index in [0.29, 0.717) is 11.8 Å². The van der Waals surface area contributed by atoms with Crippen LogP contribution in [0.5, 0.6) is 0 Å². The molecule has 2 amide bonds. The molecule has 2 aromatic carbocycles. The van der Waals surface area contributed by atoms with Crippen LogP contribution in [0.3, 0.4) is 0 Å². The zero-order valence-electron chi connectivity index (χ0n) is 11.5. The lowest BCUT2D eigenvalue weighted by atomic mass is 10.2. The van der Waals surface area contributed by atoms with Gasteiger partial charge < -0.3 is 5.32 Å². The highest BCUT2D eigenvalue weighted by Crippen LogP contribution is 2.38. The Kier molecular flexibility index (Phi) is 4.22. The predicted octanol–water partition coefficient (Wildman–Crippen LogP) is 4.98. The first-order valence-electron chi connectivity index (χ1n) is 6.74. The third-order valence-electron chi connectivity index (χ3n) is 3.28. The third-order valence-corrected chi connectivity index (χ3v) is 5.13. The van der Waals surface area contributed by atoms with E-state index in [1.54, 1.807) is 0 Å². The highest BCUT2D eigenvalue weighted by molar-refractivity contribution is 9.10. The Balaban J connectivity index is 1.87. The van der Waals surface area contributed by atoms with Crippen molar-refractivity contribution in [2.24, 2.45) is 0 Å². The number of benzene rings is 2. The van der Waals surface area contributed by atoms with E-state index < -0.39 is 0 Å². The first-order valence-corrected chi connectivity index (χ1v) is 8.41. The maximum Gasteiger partial charge on any atom is 0.326 e. The fourth-order valence-corrected chi connectivity index (χ4v) is 3.82. The predicted molar refractivity (Wildman–Crippen MR) is 92.3 cm³/mol. The van der Waals surface area contributed by atoms with Gasteiger partial charge in [-0.3, -0.25) is 4.90 Å². The highest BCUT2D eigenvalue weighted by atomic mass is 79.9. The summed E-state index contributed by atoms with van der Waals surface area (Å²) in [5.41, 5.74) is 1.76. The molecule has 1 N–H and O–H groups in total. The molecular formula is C16H15BrN2OS. The molecule has 1 aliphatic heterocycles. The standard InChI is InChI=1S/C16H15BrN2OS/c1-11-10-19(14-8-4-5-9-15(14)21-11)16(20)18-13-7-3-2-6-12(13)17/h2-9,11H,10H2,1H3,(H,18,20). The highest BCUT2D eigenvalue weighted by Gasteiger charge is 2.26. The van der Waals surface area contributed by atoms with E-state index in [4.69, 9.17) is 0 Å². The van der Waals surface area contributed by atoms with Crippen LogP contribution in [0.25, 0.3) is 0 Å². The summed E-state index contributed by atoms with van der Waals surface area (Å²) in [5, 5.41) is 3.35. The van der Waals surface area contributed by atoms with Crippen molar-refractivity contribution in [2.75, 3.05) is 16.8 Å². The van der Waals surface area contributed by atoms with Gasteiger partial charge in [-0.25, -0.2) is 4.79 Å². The number of para-hydroxylation sites is 2. The molecule has 0 aliphatic carbocycles. The molecule has 0 saturated carbocycles. The maximum absolute atomic E-state index is 12.6. The number of halogens is 1. The molecule has 1 atom stereocenters. The average Bonchev–Trinajstić information content (AvgIpc) is 2.48. The Bertz CT molecular complexity index is 677. The van der Waals surface area contributed by atoms with Gasteiger partial charge in [0.1, 0.15) is 0 Å². The molecule has 0 saturated heterocycles. The summed E-state index contributed by atoms with van der Waals surface area (Å²) in [4.78, 5) is 15.6. The summed E-state index contributed by atoms with van der Waals surface area (Å²) < 4.78 is 0.881. The molecule has 21 heavy (non-hydrogen) atoms. The van der Waals surface area contributed by atoms with Crippen molar-refractivity contribution in [1.82, 2.24) is 0 Å². The Labute approximate surface area is 136 Å². The molecule has 1 aliphatic rings. The number of rotatable bonds is 1. The molecule has 0 aromatic heterocycles. The van der Waals surface area contributed by atoms with Gasteiger partial charge in [0.25, 0.3) is 0 Å². The Morgan fingerprint density at radius 1 is 1.24 bits per heavy atom. The van der Waals surface area contributed by atoms with Crippen molar-refractivity contribution in [3.05, 3.63) is 53.0 Å². The van der Waals surface area contributed by atoms with Gasteiger partial charge in [-0.1, -0.05) is 31.2 Å². The lowest BCUT2D eigenvalue weighted by Gasteiger charge is -2.32. The van der Waals surface area contributed by atoms with Crippen LogP contribution >= 0.6 is 27.7 Å². The molecule has 108 valence electrons. The number of urea groups is 1. The van der Waals surface area contributed by atoms with E-state index >= 15 is 0 Å². The van der Waals surface area contributed by atoms with Crippen molar-refractivity contribution < 1.29 is 4.79 Å². The van der Waals surface area contributed by atoms with Gasteiger partial charge >= 0.3 is 6.03 Å². The second-order valence-electron chi connectivity index (χ2n) is 4.92. The van der Waals surface area contributed by atoms with Crippen LogP contribution in [0.1, 0.15) is 6.92 Å². The maximum atomic E-state index is 12.6. The fraction of sp³-hybridized carbons (Fsp3) is 0.188. The van der Waals surface area contributed by atoms with Gasteiger partial charge in [-0.05, 0) is 40.2 Å². The number of nitrogens with one attached hydrogen (secondary N) is 1. The molecule has 5 heteroatoms. The lowest BCUT2D eigenvalue weighted by Crippen LogP contribution is -2.41. The van der Waals surface area contributed by atoms with Gasteiger partial charge in [0.15, 0.2) is 0 Å². The van der Waals surface area contributed by atoms with Crippen LogP contribution < -0.4 is 10.2 Å². The van der Waals surface area contributed by atoms with E-state index in [2.05, 4.69) is 34.2 Å². The van der Waals surface area contributed by atoms with E-state index in [-0.39, 0.29) is 6.03 Å². The van der Waals surface area contributed by atoms with Crippen LogP contribution in [0.4, 0.5) is 16.2 Å². The van der Waals surface area contributed by atoms with Gasteiger partial charge in [0.2, 0.25) is 0 Å². The number of amides is 2. The summed E-state index contributed by atoms with van der Waals surface area (Å²) in [6.07, 6.45) is 0. The van der Waals surface area contributed by atoms with Crippen LogP contribution in [0.2, 0.25) is 0 Å². The molecule has 3 nitrogen and oxygen atoms in total. The smallest absolute Gasteiger partial charge is 0.306 e. The topological polar surface area (TPSA) is 32.3 Å². The fourth-order valence-electron chi connectivity index (χ4n) is 2.33. The summed E-state index contributed by atoms with van der Waals surface area (Å²) in [5.74, 6) is 0. The minimum Gasteiger partial charge on any atom is -0.306 e. The van der Waals surface area contributed by atoms with Gasteiger partial charge in [-0.2, -0.15) is 0 Å². The number of hydrogen-bond acceptors (Lipinski definition) is 2. The van der Waals surface area contributed by atoms with Gasteiger partial charge in [0.05, 0.1) is 11.4 Å². The number of thioether (sulfide) groups is 1. The normalized spacial score (nSPS) is 17.2. The second kappa shape index (κ2) is 6.12. The second-order valence-corrected chi connectivity index (χ2v) is 7.25. The first-order chi connectivity index (χ1) is 10.1. The zero-order valence-corrected chi connectivity index (χ0v) is 13.9. The monoisotopic (exact) mass is 362 g/mol.